The monoisotopic (exact) mass is 335 g/mol. The van der Waals surface area contributed by atoms with Crippen LogP contribution in [0.4, 0.5) is 0 Å². The summed E-state index contributed by atoms with van der Waals surface area (Å²) in [6.07, 6.45) is -2.15. The van der Waals surface area contributed by atoms with Crippen molar-refractivity contribution in [1.29, 1.82) is 0 Å². The van der Waals surface area contributed by atoms with Crippen LogP contribution in [0.25, 0.3) is 0 Å². The van der Waals surface area contributed by atoms with Crippen molar-refractivity contribution in [2.75, 3.05) is 6.54 Å². The van der Waals surface area contributed by atoms with Crippen LogP contribution in [0.1, 0.15) is 46.3 Å². The Kier molecular flexibility index (Phi) is 5.39. The molecule has 2 atom stereocenters. The zero-order valence-electron chi connectivity index (χ0n) is 14.9. The molecule has 6 nitrogen and oxygen atoms in total. The molecule has 1 saturated heterocycles. The second kappa shape index (κ2) is 6.84. The second-order valence-corrected chi connectivity index (χ2v) is 7.20. The van der Waals surface area contributed by atoms with Gasteiger partial charge in [-0.3, -0.25) is 4.79 Å². The Hall–Kier alpha value is -1.41. The zero-order valence-corrected chi connectivity index (χ0v) is 14.9. The summed E-state index contributed by atoms with van der Waals surface area (Å²) in [4.78, 5) is 10.9. The average Bonchev–Trinajstić information content (AvgIpc) is 2.72. The third-order valence-corrected chi connectivity index (χ3v) is 4.73. The van der Waals surface area contributed by atoms with Crippen molar-refractivity contribution in [3.05, 3.63) is 29.8 Å². The van der Waals surface area contributed by atoms with Gasteiger partial charge in [-0.1, -0.05) is 24.3 Å². The van der Waals surface area contributed by atoms with E-state index < -0.39 is 30.5 Å². The van der Waals surface area contributed by atoms with Gasteiger partial charge >= 0.3 is 7.12 Å². The Morgan fingerprint density at radius 3 is 2.08 bits per heavy atom. The number of benzene rings is 1. The molecule has 0 aromatic heterocycles. The molecular formula is C17H26BNO5. The highest BCUT2D eigenvalue weighted by Gasteiger charge is 2.51. The van der Waals surface area contributed by atoms with Gasteiger partial charge in [-0.2, -0.15) is 0 Å². The molecule has 0 radical (unpaired) electrons. The molecule has 1 heterocycles. The summed E-state index contributed by atoms with van der Waals surface area (Å²) < 4.78 is 12.0. The first-order valence-electron chi connectivity index (χ1n) is 8.09. The average molecular weight is 335 g/mol. The van der Waals surface area contributed by atoms with E-state index in [2.05, 4.69) is 5.32 Å². The van der Waals surface area contributed by atoms with Gasteiger partial charge in [-0.25, -0.2) is 0 Å². The van der Waals surface area contributed by atoms with E-state index in [9.17, 15) is 15.0 Å². The third kappa shape index (κ3) is 3.98. The summed E-state index contributed by atoms with van der Waals surface area (Å²) in [5, 5.41) is 22.6. The highest BCUT2D eigenvalue weighted by atomic mass is 16.7. The van der Waals surface area contributed by atoms with Gasteiger partial charge in [-0.05, 0) is 38.7 Å². The molecule has 7 heteroatoms. The van der Waals surface area contributed by atoms with E-state index in [1.54, 1.807) is 12.1 Å². The summed E-state index contributed by atoms with van der Waals surface area (Å²) in [5.41, 5.74) is 0.587. The molecule has 0 spiro atoms. The number of carbonyl (C=O) groups is 1. The molecule has 0 bridgehead atoms. The van der Waals surface area contributed by atoms with Gasteiger partial charge in [0, 0.05) is 13.5 Å². The predicted octanol–water partition coefficient (Wildman–Crippen LogP) is 0.516. The first-order chi connectivity index (χ1) is 11.0. The number of aliphatic hydroxyl groups is 2. The minimum Gasteiger partial charge on any atom is -0.399 e. The van der Waals surface area contributed by atoms with Crippen LogP contribution in [-0.4, -0.2) is 47.1 Å². The SMILES string of the molecule is CC(=O)NCC(O)C(O)c1ccc(B2OC(C)(C)C(C)(C)O2)cc1. The normalized spacial score (nSPS) is 21.4. The number of hydrogen-bond donors (Lipinski definition) is 3. The maximum Gasteiger partial charge on any atom is 0.494 e. The molecule has 0 aliphatic carbocycles. The van der Waals surface area contributed by atoms with E-state index in [0.29, 0.717) is 5.56 Å². The van der Waals surface area contributed by atoms with Crippen molar-refractivity contribution in [2.24, 2.45) is 0 Å². The first-order valence-corrected chi connectivity index (χ1v) is 8.09. The largest absolute Gasteiger partial charge is 0.494 e. The Morgan fingerprint density at radius 2 is 1.62 bits per heavy atom. The molecule has 1 aromatic carbocycles. The fourth-order valence-corrected chi connectivity index (χ4v) is 2.41. The molecule has 132 valence electrons. The van der Waals surface area contributed by atoms with Crippen LogP contribution in [0.15, 0.2) is 24.3 Å². The maximum absolute atomic E-state index is 10.9. The van der Waals surface area contributed by atoms with Crippen LogP contribution in [0.2, 0.25) is 0 Å². The molecule has 3 N–H and O–H groups in total. The first kappa shape index (κ1) is 18.9. The highest BCUT2D eigenvalue weighted by molar-refractivity contribution is 6.62. The smallest absolute Gasteiger partial charge is 0.399 e. The molecule has 1 fully saturated rings. The van der Waals surface area contributed by atoms with E-state index in [-0.39, 0.29) is 12.5 Å². The maximum atomic E-state index is 10.9. The Balaban J connectivity index is 2.05. The molecule has 2 unspecified atom stereocenters. The summed E-state index contributed by atoms with van der Waals surface area (Å²) in [6.45, 7) is 9.31. The van der Waals surface area contributed by atoms with Crippen LogP contribution in [0.3, 0.4) is 0 Å². The summed E-state index contributed by atoms with van der Waals surface area (Å²) in [5.74, 6) is -0.252. The van der Waals surface area contributed by atoms with Crippen molar-refractivity contribution in [3.63, 3.8) is 0 Å². The Morgan fingerprint density at radius 1 is 1.12 bits per heavy atom. The molecular weight excluding hydrogens is 309 g/mol. The van der Waals surface area contributed by atoms with E-state index in [4.69, 9.17) is 9.31 Å². The van der Waals surface area contributed by atoms with E-state index in [1.807, 2.05) is 39.8 Å². The van der Waals surface area contributed by atoms with Gasteiger partial charge in [-0.15, -0.1) is 0 Å². The van der Waals surface area contributed by atoms with E-state index in [0.717, 1.165) is 5.46 Å². The van der Waals surface area contributed by atoms with Crippen molar-refractivity contribution >= 4 is 18.5 Å². The molecule has 1 aliphatic rings. The Labute approximate surface area is 143 Å². The fraction of sp³-hybridized carbons (Fsp3) is 0.588. The standard InChI is InChI=1S/C17H26BNO5/c1-11(20)19-10-14(21)15(22)12-6-8-13(9-7-12)18-23-16(2,3)17(4,5)24-18/h6-9,14-15,21-22H,10H2,1-5H3,(H,19,20). The predicted molar refractivity (Wildman–Crippen MR) is 91.8 cm³/mol. The van der Waals surface area contributed by atoms with Gasteiger partial charge in [0.25, 0.3) is 0 Å². The van der Waals surface area contributed by atoms with E-state index >= 15 is 0 Å². The number of amides is 1. The summed E-state index contributed by atoms with van der Waals surface area (Å²) >= 11 is 0. The van der Waals surface area contributed by atoms with Crippen LogP contribution >= 0.6 is 0 Å². The fourth-order valence-electron chi connectivity index (χ4n) is 2.41. The van der Waals surface area contributed by atoms with Crippen molar-refractivity contribution < 1.29 is 24.3 Å². The quantitative estimate of drug-likeness (QED) is 0.683. The van der Waals surface area contributed by atoms with Crippen molar-refractivity contribution in [3.8, 4) is 0 Å². The molecule has 1 aromatic rings. The number of rotatable bonds is 5. The Bertz CT molecular complexity index is 571. The van der Waals surface area contributed by atoms with Crippen LogP contribution in [0, 0.1) is 0 Å². The number of hydrogen-bond acceptors (Lipinski definition) is 5. The molecule has 1 amide bonds. The third-order valence-electron chi connectivity index (χ3n) is 4.73. The van der Waals surface area contributed by atoms with Gasteiger partial charge in [0.05, 0.1) is 11.2 Å². The van der Waals surface area contributed by atoms with Crippen LogP contribution in [0.5, 0.6) is 0 Å². The number of carbonyl (C=O) groups excluding carboxylic acids is 1. The van der Waals surface area contributed by atoms with Crippen molar-refractivity contribution in [2.45, 2.75) is 58.0 Å². The van der Waals surface area contributed by atoms with Gasteiger partial charge in [0.2, 0.25) is 5.91 Å². The van der Waals surface area contributed by atoms with Crippen molar-refractivity contribution in [1.82, 2.24) is 5.32 Å². The molecule has 0 saturated carbocycles. The lowest BCUT2D eigenvalue weighted by atomic mass is 9.78. The van der Waals surface area contributed by atoms with Gasteiger partial charge in [0.1, 0.15) is 12.2 Å². The summed E-state index contributed by atoms with van der Waals surface area (Å²) in [6, 6.07) is 7.07. The number of nitrogens with one attached hydrogen (secondary N) is 1. The van der Waals surface area contributed by atoms with Crippen LogP contribution < -0.4 is 10.8 Å². The lowest BCUT2D eigenvalue weighted by molar-refractivity contribution is -0.119. The topological polar surface area (TPSA) is 88.0 Å². The molecule has 2 rings (SSSR count). The minimum absolute atomic E-state index is 0.00449. The van der Waals surface area contributed by atoms with E-state index in [1.165, 1.54) is 6.92 Å². The lowest BCUT2D eigenvalue weighted by Gasteiger charge is -2.32. The lowest BCUT2D eigenvalue weighted by Crippen LogP contribution is -2.41. The van der Waals surface area contributed by atoms with Gasteiger partial charge < -0.3 is 24.8 Å². The van der Waals surface area contributed by atoms with Crippen LogP contribution in [-0.2, 0) is 14.1 Å². The molecule has 24 heavy (non-hydrogen) atoms. The minimum atomic E-state index is -1.08. The summed E-state index contributed by atoms with van der Waals surface area (Å²) in [7, 11) is -0.467. The molecule has 1 aliphatic heterocycles. The number of aliphatic hydroxyl groups excluding tert-OH is 2. The van der Waals surface area contributed by atoms with Gasteiger partial charge in [0.15, 0.2) is 0 Å². The highest BCUT2D eigenvalue weighted by Crippen LogP contribution is 2.36. The zero-order chi connectivity index (χ0) is 18.1. The second-order valence-electron chi connectivity index (χ2n) is 7.20.